The number of carbonyl (C=O) groups excluding carboxylic acids is 1. The first-order valence-corrected chi connectivity index (χ1v) is 12.2. The first kappa shape index (κ1) is 23.4. The lowest BCUT2D eigenvalue weighted by molar-refractivity contribution is -0.138. The second kappa shape index (κ2) is 9.12. The smallest absolute Gasteiger partial charge is 0.351 e. The van der Waals surface area contributed by atoms with Crippen LogP contribution in [0.15, 0.2) is 43.1 Å². The minimum Gasteiger partial charge on any atom is -0.351 e. The van der Waals surface area contributed by atoms with Crippen LogP contribution in [-0.2, 0) is 24.1 Å². The molecule has 0 atom stereocenters. The summed E-state index contributed by atoms with van der Waals surface area (Å²) in [7, 11) is 0. The molecule has 192 valence electrons. The van der Waals surface area contributed by atoms with Gasteiger partial charge in [-0.05, 0) is 43.9 Å². The Balaban J connectivity index is 1.11. The fourth-order valence-electron chi connectivity index (χ4n) is 5.17. The Labute approximate surface area is 209 Å². The zero-order valence-electron chi connectivity index (χ0n) is 19.8. The molecule has 13 heteroatoms. The molecule has 4 aromatic rings. The van der Waals surface area contributed by atoms with Crippen LogP contribution >= 0.6 is 0 Å². The third-order valence-electron chi connectivity index (χ3n) is 7.12. The van der Waals surface area contributed by atoms with E-state index >= 15 is 0 Å². The number of hydrogen-bond donors (Lipinski definition) is 1. The van der Waals surface area contributed by atoms with Gasteiger partial charge in [0.2, 0.25) is 11.9 Å². The summed E-state index contributed by atoms with van der Waals surface area (Å²) in [5.41, 5.74) is -0.0641. The molecule has 1 aliphatic carbocycles. The van der Waals surface area contributed by atoms with Gasteiger partial charge in [0.1, 0.15) is 12.0 Å². The number of rotatable bonds is 4. The van der Waals surface area contributed by atoms with Crippen LogP contribution < -0.4 is 5.32 Å². The molecule has 1 N–H and O–H groups in total. The Morgan fingerprint density at radius 2 is 1.92 bits per heavy atom. The van der Waals surface area contributed by atoms with E-state index in [4.69, 9.17) is 0 Å². The zero-order valence-corrected chi connectivity index (χ0v) is 19.8. The lowest BCUT2D eigenvalue weighted by Gasteiger charge is -2.34. The molecule has 6 rings (SSSR count). The van der Waals surface area contributed by atoms with Crippen molar-refractivity contribution in [2.45, 2.75) is 51.0 Å². The maximum absolute atomic E-state index is 13.4. The van der Waals surface area contributed by atoms with Gasteiger partial charge in [0.25, 0.3) is 0 Å². The predicted molar refractivity (Wildman–Crippen MR) is 126 cm³/mol. The maximum atomic E-state index is 13.4. The molecule has 37 heavy (non-hydrogen) atoms. The summed E-state index contributed by atoms with van der Waals surface area (Å²) >= 11 is 0. The molecule has 0 unspecified atom stereocenters. The van der Waals surface area contributed by atoms with Crippen LogP contribution in [-0.4, -0.2) is 57.5 Å². The largest absolute Gasteiger partial charge is 0.419 e. The van der Waals surface area contributed by atoms with Gasteiger partial charge in [0.15, 0.2) is 5.82 Å². The molecule has 1 aliphatic heterocycles. The highest BCUT2D eigenvalue weighted by molar-refractivity contribution is 5.79. The van der Waals surface area contributed by atoms with E-state index in [1.807, 2.05) is 9.47 Å². The fraction of sp³-hybridized carbons (Fsp3) is 0.417. The quantitative estimate of drug-likeness (QED) is 0.448. The number of hydrogen-bond acceptors (Lipinski definition) is 7. The van der Waals surface area contributed by atoms with Gasteiger partial charge in [0, 0.05) is 37.4 Å². The highest BCUT2D eigenvalue weighted by Crippen LogP contribution is 2.33. The normalized spacial score (nSPS) is 20.1. The van der Waals surface area contributed by atoms with Crippen molar-refractivity contribution in [2.75, 3.05) is 11.9 Å². The number of imidazole rings is 1. The second-order valence-electron chi connectivity index (χ2n) is 9.42. The molecule has 0 radical (unpaired) electrons. The van der Waals surface area contributed by atoms with Crippen LogP contribution in [0, 0.1) is 5.92 Å². The van der Waals surface area contributed by atoms with E-state index in [1.165, 1.54) is 22.9 Å². The molecule has 0 aromatic carbocycles. The van der Waals surface area contributed by atoms with Crippen molar-refractivity contribution in [3.8, 4) is 11.4 Å². The van der Waals surface area contributed by atoms with Crippen molar-refractivity contribution >= 4 is 17.5 Å². The Bertz CT molecular complexity index is 1440. The fourth-order valence-corrected chi connectivity index (χ4v) is 5.17. The van der Waals surface area contributed by atoms with Gasteiger partial charge < -0.3 is 14.8 Å². The maximum Gasteiger partial charge on any atom is 0.419 e. The molecule has 5 heterocycles. The number of halogens is 3. The van der Waals surface area contributed by atoms with E-state index < -0.39 is 11.7 Å². The van der Waals surface area contributed by atoms with Crippen molar-refractivity contribution in [3.05, 3.63) is 54.5 Å². The van der Waals surface area contributed by atoms with E-state index in [0.717, 1.165) is 37.6 Å². The number of alkyl halides is 3. The van der Waals surface area contributed by atoms with E-state index in [-0.39, 0.29) is 23.5 Å². The van der Waals surface area contributed by atoms with Crippen molar-refractivity contribution in [1.29, 1.82) is 0 Å². The molecular weight excluding hydrogens is 487 g/mol. The van der Waals surface area contributed by atoms with E-state index in [2.05, 4.69) is 30.5 Å². The summed E-state index contributed by atoms with van der Waals surface area (Å²) in [6.07, 6.45) is 4.78. The van der Waals surface area contributed by atoms with Gasteiger partial charge in [0.05, 0.1) is 29.7 Å². The SMILES string of the molecule is O=C([C@H]1CC[C@H](Nc2nccc(-c3cnc4c(C(F)(F)F)cccn34)n2)CC1)N1CCn2cnnc2C1. The van der Waals surface area contributed by atoms with Crippen molar-refractivity contribution in [3.63, 3.8) is 0 Å². The molecule has 4 aromatic heterocycles. The lowest BCUT2D eigenvalue weighted by Crippen LogP contribution is -2.43. The molecule has 0 spiro atoms. The van der Waals surface area contributed by atoms with Crippen LogP contribution in [0.5, 0.6) is 0 Å². The number of anilines is 1. The van der Waals surface area contributed by atoms with Crippen molar-refractivity contribution in [1.82, 2.24) is 39.0 Å². The average Bonchev–Trinajstić information content (AvgIpc) is 3.55. The third-order valence-corrected chi connectivity index (χ3v) is 7.12. The second-order valence-corrected chi connectivity index (χ2v) is 9.42. The highest BCUT2D eigenvalue weighted by Gasteiger charge is 2.34. The van der Waals surface area contributed by atoms with Crippen LogP contribution in [0.4, 0.5) is 19.1 Å². The van der Waals surface area contributed by atoms with Crippen LogP contribution in [0.1, 0.15) is 37.1 Å². The van der Waals surface area contributed by atoms with Crippen LogP contribution in [0.25, 0.3) is 17.0 Å². The molecule has 10 nitrogen and oxygen atoms in total. The lowest BCUT2D eigenvalue weighted by atomic mass is 9.85. The number of fused-ring (bicyclic) bond motifs is 2. The highest BCUT2D eigenvalue weighted by atomic mass is 19.4. The Kier molecular flexibility index (Phi) is 5.76. The summed E-state index contributed by atoms with van der Waals surface area (Å²) in [6.45, 7) is 1.87. The average molecular weight is 512 g/mol. The zero-order chi connectivity index (χ0) is 25.6. The van der Waals surface area contributed by atoms with Gasteiger partial charge in [-0.2, -0.15) is 13.2 Å². The van der Waals surface area contributed by atoms with E-state index in [9.17, 15) is 18.0 Å². The number of aromatic nitrogens is 7. The number of pyridine rings is 1. The van der Waals surface area contributed by atoms with Crippen molar-refractivity contribution < 1.29 is 18.0 Å². The molecule has 1 fully saturated rings. The number of carbonyl (C=O) groups is 1. The van der Waals surface area contributed by atoms with Crippen molar-refractivity contribution in [2.24, 2.45) is 5.92 Å². The first-order chi connectivity index (χ1) is 17.9. The van der Waals surface area contributed by atoms with E-state index in [1.54, 1.807) is 18.6 Å². The minimum atomic E-state index is -4.50. The molecular formula is C24H24F3N9O. The van der Waals surface area contributed by atoms with E-state index in [0.29, 0.717) is 37.0 Å². The molecule has 2 aliphatic rings. The minimum absolute atomic E-state index is 0.0271. The Morgan fingerprint density at radius 3 is 2.73 bits per heavy atom. The molecule has 1 saturated carbocycles. The van der Waals surface area contributed by atoms with Gasteiger partial charge in [-0.15, -0.1) is 10.2 Å². The summed E-state index contributed by atoms with van der Waals surface area (Å²) in [5, 5.41) is 11.3. The van der Waals surface area contributed by atoms with Gasteiger partial charge >= 0.3 is 6.18 Å². The van der Waals surface area contributed by atoms with Crippen LogP contribution in [0.2, 0.25) is 0 Å². The van der Waals surface area contributed by atoms with Gasteiger partial charge in [-0.25, -0.2) is 15.0 Å². The predicted octanol–water partition coefficient (Wildman–Crippen LogP) is 3.41. The Hall–Kier alpha value is -4.03. The molecule has 1 amide bonds. The summed E-state index contributed by atoms with van der Waals surface area (Å²) < 4.78 is 43.4. The summed E-state index contributed by atoms with van der Waals surface area (Å²) in [4.78, 5) is 27.8. The number of amides is 1. The topological polar surface area (TPSA) is 106 Å². The Morgan fingerprint density at radius 1 is 1.08 bits per heavy atom. The third kappa shape index (κ3) is 4.49. The first-order valence-electron chi connectivity index (χ1n) is 12.2. The summed E-state index contributed by atoms with van der Waals surface area (Å²) in [5.74, 6) is 1.34. The van der Waals surface area contributed by atoms with Gasteiger partial charge in [-0.3, -0.25) is 9.20 Å². The summed E-state index contributed by atoms with van der Waals surface area (Å²) in [6, 6.07) is 4.10. The van der Waals surface area contributed by atoms with Gasteiger partial charge in [-0.1, -0.05) is 0 Å². The molecule has 0 saturated heterocycles. The monoisotopic (exact) mass is 511 g/mol. The standard InChI is InChI=1S/C24H24F3N9O/c25-24(26,27)17-2-1-9-36-19(12-29-21(17)36)18-7-8-28-23(32-18)31-16-5-3-15(4-6-16)22(37)34-10-11-35-14-30-33-20(35)13-34/h1-2,7-9,12,14-16H,3-6,10-11,13H2,(H,28,31,32)/t15-,16-. The van der Waals surface area contributed by atoms with Crippen LogP contribution in [0.3, 0.4) is 0 Å². The number of nitrogens with zero attached hydrogens (tertiary/aromatic N) is 8. The molecule has 0 bridgehead atoms. The number of nitrogens with one attached hydrogen (secondary N) is 1.